The first-order valence-electron chi connectivity index (χ1n) is 6.41. The number of amides is 2. The lowest BCUT2D eigenvalue weighted by Gasteiger charge is -2.27. The van der Waals surface area contributed by atoms with Crippen molar-refractivity contribution in [1.29, 1.82) is 0 Å². The zero-order valence-electron chi connectivity index (χ0n) is 10.3. The van der Waals surface area contributed by atoms with Crippen molar-refractivity contribution in [2.75, 3.05) is 19.6 Å². The van der Waals surface area contributed by atoms with E-state index >= 15 is 0 Å². The third-order valence-corrected chi connectivity index (χ3v) is 3.92. The topological polar surface area (TPSA) is 60.9 Å². The maximum absolute atomic E-state index is 12.2. The molecule has 5 heteroatoms. The highest BCUT2D eigenvalue weighted by Gasteiger charge is 2.37. The van der Waals surface area contributed by atoms with Gasteiger partial charge < -0.3 is 14.9 Å². The SMILES string of the molecule is CCC1CCN(C(=O)N2CCCC2C(=O)O)C1. The first kappa shape index (κ1) is 12.2. The van der Waals surface area contributed by atoms with E-state index in [1.165, 1.54) is 4.90 Å². The zero-order valence-corrected chi connectivity index (χ0v) is 10.3. The minimum Gasteiger partial charge on any atom is -0.480 e. The van der Waals surface area contributed by atoms with Crippen molar-refractivity contribution >= 4 is 12.0 Å². The number of carboxylic acids is 1. The molecule has 2 unspecified atom stereocenters. The highest BCUT2D eigenvalue weighted by atomic mass is 16.4. The van der Waals surface area contributed by atoms with Gasteiger partial charge in [0.15, 0.2) is 0 Å². The lowest BCUT2D eigenvalue weighted by atomic mass is 10.1. The van der Waals surface area contributed by atoms with Crippen LogP contribution < -0.4 is 0 Å². The number of likely N-dealkylation sites (tertiary alicyclic amines) is 2. The van der Waals surface area contributed by atoms with Crippen LogP contribution in [0.2, 0.25) is 0 Å². The van der Waals surface area contributed by atoms with Gasteiger partial charge in [-0.1, -0.05) is 13.3 Å². The number of carbonyl (C=O) groups excluding carboxylic acids is 1. The van der Waals surface area contributed by atoms with Crippen LogP contribution in [0.4, 0.5) is 4.79 Å². The standard InChI is InChI=1S/C12H20N2O3/c1-2-9-5-7-13(8-9)12(17)14-6-3-4-10(14)11(15)16/h9-10H,2-8H2,1H3,(H,15,16). The molecular formula is C12H20N2O3. The molecule has 2 rings (SSSR count). The predicted molar refractivity (Wildman–Crippen MR) is 62.7 cm³/mol. The van der Waals surface area contributed by atoms with E-state index in [0.29, 0.717) is 18.9 Å². The molecule has 2 aliphatic rings. The lowest BCUT2D eigenvalue weighted by Crippen LogP contribution is -2.47. The van der Waals surface area contributed by atoms with Crippen molar-refractivity contribution in [3.8, 4) is 0 Å². The van der Waals surface area contributed by atoms with Gasteiger partial charge in [0.2, 0.25) is 0 Å². The van der Waals surface area contributed by atoms with E-state index in [1.807, 2.05) is 4.90 Å². The Morgan fingerprint density at radius 2 is 2.06 bits per heavy atom. The van der Waals surface area contributed by atoms with Gasteiger partial charge >= 0.3 is 12.0 Å². The Bertz CT molecular complexity index is 319. The number of carboxylic acid groups (broad SMARTS) is 1. The highest BCUT2D eigenvalue weighted by Crippen LogP contribution is 2.24. The third kappa shape index (κ3) is 2.37. The molecule has 0 aromatic rings. The van der Waals surface area contributed by atoms with Crippen LogP contribution in [0.3, 0.4) is 0 Å². The number of rotatable bonds is 2. The van der Waals surface area contributed by atoms with E-state index in [-0.39, 0.29) is 6.03 Å². The van der Waals surface area contributed by atoms with Crippen LogP contribution in [0.15, 0.2) is 0 Å². The van der Waals surface area contributed by atoms with Gasteiger partial charge in [0.05, 0.1) is 0 Å². The van der Waals surface area contributed by atoms with Gasteiger partial charge in [-0.2, -0.15) is 0 Å². The number of nitrogens with zero attached hydrogens (tertiary/aromatic N) is 2. The Balaban J connectivity index is 1.98. The second-order valence-electron chi connectivity index (χ2n) is 4.98. The molecule has 0 radical (unpaired) electrons. The van der Waals surface area contributed by atoms with Crippen LogP contribution in [0.25, 0.3) is 0 Å². The van der Waals surface area contributed by atoms with Crippen molar-refractivity contribution in [3.63, 3.8) is 0 Å². The molecule has 1 N–H and O–H groups in total. The van der Waals surface area contributed by atoms with E-state index in [1.54, 1.807) is 0 Å². The molecule has 96 valence electrons. The predicted octanol–water partition coefficient (Wildman–Crippen LogP) is 1.39. The summed E-state index contributed by atoms with van der Waals surface area (Å²) in [6.45, 7) is 4.29. The van der Waals surface area contributed by atoms with Crippen LogP contribution in [0.1, 0.15) is 32.6 Å². The molecule has 17 heavy (non-hydrogen) atoms. The van der Waals surface area contributed by atoms with Crippen molar-refractivity contribution in [2.45, 2.75) is 38.6 Å². The molecule has 2 atom stereocenters. The summed E-state index contributed by atoms with van der Waals surface area (Å²) in [6, 6.07) is -0.686. The van der Waals surface area contributed by atoms with Crippen molar-refractivity contribution in [1.82, 2.24) is 9.80 Å². The maximum atomic E-state index is 12.2. The van der Waals surface area contributed by atoms with E-state index in [4.69, 9.17) is 5.11 Å². The Kier molecular flexibility index (Phi) is 3.54. The molecule has 2 saturated heterocycles. The Hall–Kier alpha value is -1.26. The first-order valence-corrected chi connectivity index (χ1v) is 6.41. The molecule has 2 amide bonds. The molecular weight excluding hydrogens is 220 g/mol. The summed E-state index contributed by atoms with van der Waals surface area (Å²) in [6.07, 6.45) is 3.53. The van der Waals surface area contributed by atoms with E-state index in [0.717, 1.165) is 32.4 Å². The number of aliphatic carboxylic acids is 1. The van der Waals surface area contributed by atoms with Gasteiger partial charge in [0.25, 0.3) is 0 Å². The monoisotopic (exact) mass is 240 g/mol. The number of hydrogen-bond donors (Lipinski definition) is 1. The second-order valence-corrected chi connectivity index (χ2v) is 4.98. The van der Waals surface area contributed by atoms with Crippen LogP contribution >= 0.6 is 0 Å². The fourth-order valence-corrected chi connectivity index (χ4v) is 2.77. The summed E-state index contributed by atoms with van der Waals surface area (Å²) in [5.74, 6) is -0.285. The van der Waals surface area contributed by atoms with Crippen LogP contribution in [-0.4, -0.2) is 52.6 Å². The minimum atomic E-state index is -0.873. The molecule has 0 saturated carbocycles. The molecule has 2 fully saturated rings. The second kappa shape index (κ2) is 4.94. The summed E-state index contributed by atoms with van der Waals surface area (Å²) < 4.78 is 0. The maximum Gasteiger partial charge on any atom is 0.326 e. The summed E-state index contributed by atoms with van der Waals surface area (Å²) in [5.41, 5.74) is 0. The van der Waals surface area contributed by atoms with Crippen molar-refractivity contribution in [3.05, 3.63) is 0 Å². The normalized spacial score (nSPS) is 28.8. The van der Waals surface area contributed by atoms with Gasteiger partial charge in [0.1, 0.15) is 6.04 Å². The quantitative estimate of drug-likeness (QED) is 0.793. The number of carbonyl (C=O) groups is 2. The Morgan fingerprint density at radius 1 is 1.29 bits per heavy atom. The first-order chi connectivity index (χ1) is 8.13. The summed E-state index contributed by atoms with van der Waals surface area (Å²) in [7, 11) is 0. The number of urea groups is 1. The molecule has 5 nitrogen and oxygen atoms in total. The third-order valence-electron chi connectivity index (χ3n) is 3.92. The molecule has 0 aromatic heterocycles. The van der Waals surface area contributed by atoms with Gasteiger partial charge in [-0.25, -0.2) is 9.59 Å². The van der Waals surface area contributed by atoms with E-state index < -0.39 is 12.0 Å². The summed E-state index contributed by atoms with van der Waals surface area (Å²) in [4.78, 5) is 26.6. The molecule has 2 aliphatic heterocycles. The fraction of sp³-hybridized carbons (Fsp3) is 0.833. The summed E-state index contributed by atoms with van der Waals surface area (Å²) in [5, 5.41) is 9.06. The van der Waals surface area contributed by atoms with E-state index in [9.17, 15) is 9.59 Å². The van der Waals surface area contributed by atoms with Crippen molar-refractivity contribution in [2.24, 2.45) is 5.92 Å². The fourth-order valence-electron chi connectivity index (χ4n) is 2.77. The average molecular weight is 240 g/mol. The van der Waals surface area contributed by atoms with Gasteiger partial charge in [0, 0.05) is 19.6 Å². The zero-order chi connectivity index (χ0) is 12.4. The average Bonchev–Trinajstić information content (AvgIpc) is 2.97. The van der Waals surface area contributed by atoms with Crippen LogP contribution in [-0.2, 0) is 4.79 Å². The molecule has 0 bridgehead atoms. The number of hydrogen-bond acceptors (Lipinski definition) is 2. The molecule has 0 aliphatic carbocycles. The molecule has 0 spiro atoms. The van der Waals surface area contributed by atoms with E-state index in [2.05, 4.69) is 6.92 Å². The Labute approximate surface area is 101 Å². The van der Waals surface area contributed by atoms with Gasteiger partial charge in [-0.05, 0) is 25.2 Å². The van der Waals surface area contributed by atoms with Crippen LogP contribution in [0, 0.1) is 5.92 Å². The largest absolute Gasteiger partial charge is 0.480 e. The van der Waals surface area contributed by atoms with Crippen LogP contribution in [0.5, 0.6) is 0 Å². The lowest BCUT2D eigenvalue weighted by molar-refractivity contribution is -0.141. The molecule has 2 heterocycles. The minimum absolute atomic E-state index is 0.0779. The van der Waals surface area contributed by atoms with Gasteiger partial charge in [-0.3, -0.25) is 0 Å². The Morgan fingerprint density at radius 3 is 2.65 bits per heavy atom. The summed E-state index contributed by atoms with van der Waals surface area (Å²) >= 11 is 0. The molecule has 0 aromatic carbocycles. The van der Waals surface area contributed by atoms with Crippen molar-refractivity contribution < 1.29 is 14.7 Å². The highest BCUT2D eigenvalue weighted by molar-refractivity contribution is 5.83. The van der Waals surface area contributed by atoms with Gasteiger partial charge in [-0.15, -0.1) is 0 Å². The smallest absolute Gasteiger partial charge is 0.326 e.